The molecular weight excluding hydrogens is 192 g/mol. The Labute approximate surface area is 90.7 Å². The van der Waals surface area contributed by atoms with Gasteiger partial charge in [0.2, 0.25) is 0 Å². The van der Waals surface area contributed by atoms with Crippen molar-refractivity contribution in [2.24, 2.45) is 5.92 Å². The third-order valence-corrected chi connectivity index (χ3v) is 2.99. The van der Waals surface area contributed by atoms with Crippen molar-refractivity contribution >= 4 is 6.34 Å². The maximum Gasteiger partial charge on any atom is 0.198 e. The summed E-state index contributed by atoms with van der Waals surface area (Å²) in [5.74, 6) is -0.644. The lowest BCUT2D eigenvalue weighted by Crippen LogP contribution is -2.30. The quantitative estimate of drug-likeness (QED) is 0.311. The molecule has 2 atom stereocenters. The SMILES string of the molecule is C=CC(=C)C1C(N(C)C=N)C1(OC)OC. The van der Waals surface area contributed by atoms with Gasteiger partial charge in [0.05, 0.1) is 18.3 Å². The van der Waals surface area contributed by atoms with Crippen molar-refractivity contribution in [2.75, 3.05) is 21.3 Å². The Balaban J connectivity index is 2.92. The van der Waals surface area contributed by atoms with Gasteiger partial charge in [-0.1, -0.05) is 19.2 Å². The van der Waals surface area contributed by atoms with Gasteiger partial charge in [0.1, 0.15) is 0 Å². The molecule has 0 aromatic heterocycles. The molecule has 0 radical (unpaired) electrons. The number of methoxy groups -OCH3 is 2. The first-order valence-electron chi connectivity index (χ1n) is 4.73. The van der Waals surface area contributed by atoms with Gasteiger partial charge in [-0.25, -0.2) is 0 Å². The molecule has 0 spiro atoms. The van der Waals surface area contributed by atoms with Crippen LogP contribution in [0.3, 0.4) is 0 Å². The molecule has 0 heterocycles. The molecule has 1 rings (SSSR count). The summed E-state index contributed by atoms with van der Waals surface area (Å²) < 4.78 is 10.8. The predicted octanol–water partition coefficient (Wildman–Crippen LogP) is 1.25. The Morgan fingerprint density at radius 2 is 2.00 bits per heavy atom. The lowest BCUT2D eigenvalue weighted by molar-refractivity contribution is -0.145. The standard InChI is InChI=1S/C11H18N2O2/c1-6-8(2)9-10(13(3)7-12)11(9,14-4)15-5/h6-7,9-10,12H,1-2H2,3-5H3. The molecule has 0 bridgehead atoms. The first-order valence-corrected chi connectivity index (χ1v) is 4.73. The second-order valence-electron chi connectivity index (χ2n) is 3.63. The third-order valence-electron chi connectivity index (χ3n) is 2.99. The number of hydrogen-bond donors (Lipinski definition) is 1. The van der Waals surface area contributed by atoms with Crippen molar-refractivity contribution in [2.45, 2.75) is 11.8 Å². The number of allylic oxidation sites excluding steroid dienone is 1. The predicted molar refractivity (Wildman–Crippen MR) is 59.9 cm³/mol. The van der Waals surface area contributed by atoms with E-state index in [2.05, 4.69) is 13.2 Å². The summed E-state index contributed by atoms with van der Waals surface area (Å²) in [4.78, 5) is 1.76. The molecule has 4 nitrogen and oxygen atoms in total. The van der Waals surface area contributed by atoms with E-state index in [9.17, 15) is 0 Å². The van der Waals surface area contributed by atoms with Gasteiger partial charge in [-0.3, -0.25) is 5.41 Å². The zero-order valence-corrected chi connectivity index (χ0v) is 9.49. The van der Waals surface area contributed by atoms with Crippen LogP contribution < -0.4 is 0 Å². The van der Waals surface area contributed by atoms with Crippen molar-refractivity contribution in [3.05, 3.63) is 24.8 Å². The molecule has 0 aromatic carbocycles. The molecule has 1 aliphatic carbocycles. The van der Waals surface area contributed by atoms with Crippen LogP contribution in [0.1, 0.15) is 0 Å². The maximum atomic E-state index is 7.23. The van der Waals surface area contributed by atoms with Crippen LogP contribution in [0.2, 0.25) is 0 Å². The summed E-state index contributed by atoms with van der Waals surface area (Å²) in [7, 11) is 5.02. The second-order valence-corrected chi connectivity index (χ2v) is 3.63. The lowest BCUT2D eigenvalue weighted by atomic mass is 10.2. The van der Waals surface area contributed by atoms with Crippen molar-refractivity contribution in [3.63, 3.8) is 0 Å². The van der Waals surface area contributed by atoms with Crippen LogP contribution >= 0.6 is 0 Å². The van der Waals surface area contributed by atoms with Crippen LogP contribution in [0.15, 0.2) is 24.8 Å². The fourth-order valence-corrected chi connectivity index (χ4v) is 2.09. The molecule has 0 amide bonds. The molecule has 1 saturated carbocycles. The monoisotopic (exact) mass is 210 g/mol. The smallest absolute Gasteiger partial charge is 0.198 e. The number of rotatable bonds is 6. The first kappa shape index (κ1) is 11.9. The van der Waals surface area contributed by atoms with Gasteiger partial charge in [0, 0.05) is 21.3 Å². The van der Waals surface area contributed by atoms with Crippen LogP contribution in [0, 0.1) is 11.3 Å². The number of nitrogens with one attached hydrogen (secondary N) is 1. The van der Waals surface area contributed by atoms with E-state index in [1.54, 1.807) is 25.2 Å². The van der Waals surface area contributed by atoms with E-state index in [0.29, 0.717) is 0 Å². The largest absolute Gasteiger partial charge is 0.357 e. The van der Waals surface area contributed by atoms with E-state index in [-0.39, 0.29) is 12.0 Å². The summed E-state index contributed by atoms with van der Waals surface area (Å²) in [5, 5.41) is 7.23. The van der Waals surface area contributed by atoms with E-state index < -0.39 is 5.79 Å². The van der Waals surface area contributed by atoms with E-state index in [1.807, 2.05) is 7.05 Å². The highest BCUT2D eigenvalue weighted by Crippen LogP contribution is 2.53. The second kappa shape index (κ2) is 4.16. The summed E-state index contributed by atoms with van der Waals surface area (Å²) in [6.45, 7) is 7.60. The van der Waals surface area contributed by atoms with Crippen LogP contribution in [0.4, 0.5) is 0 Å². The minimum absolute atomic E-state index is 0.00417. The van der Waals surface area contributed by atoms with Gasteiger partial charge in [0.25, 0.3) is 0 Å². The summed E-state index contributed by atoms with van der Waals surface area (Å²) in [6.07, 6.45) is 2.96. The van der Waals surface area contributed by atoms with Gasteiger partial charge in [-0.05, 0) is 5.57 Å². The van der Waals surface area contributed by atoms with Gasteiger partial charge in [-0.15, -0.1) is 0 Å². The Morgan fingerprint density at radius 1 is 1.47 bits per heavy atom. The average Bonchev–Trinajstić information content (AvgIpc) is 2.96. The van der Waals surface area contributed by atoms with Crippen molar-refractivity contribution in [3.8, 4) is 0 Å². The highest BCUT2D eigenvalue weighted by atomic mass is 16.7. The Bertz CT molecular complexity index is 284. The minimum atomic E-state index is -0.683. The molecule has 4 heteroatoms. The average molecular weight is 210 g/mol. The molecule has 15 heavy (non-hydrogen) atoms. The topological polar surface area (TPSA) is 45.6 Å². The van der Waals surface area contributed by atoms with Gasteiger partial charge >= 0.3 is 0 Å². The molecule has 0 aromatic rings. The molecule has 1 aliphatic rings. The Morgan fingerprint density at radius 3 is 2.33 bits per heavy atom. The summed E-state index contributed by atoms with van der Waals surface area (Å²) >= 11 is 0. The number of ether oxygens (including phenoxy) is 2. The van der Waals surface area contributed by atoms with Crippen LogP contribution in [0.25, 0.3) is 0 Å². The van der Waals surface area contributed by atoms with Crippen LogP contribution in [-0.2, 0) is 9.47 Å². The van der Waals surface area contributed by atoms with Gasteiger partial charge in [-0.2, -0.15) is 0 Å². The highest BCUT2D eigenvalue weighted by molar-refractivity contribution is 5.54. The zero-order chi connectivity index (χ0) is 11.6. The number of nitrogens with zero attached hydrogens (tertiary/aromatic N) is 1. The van der Waals surface area contributed by atoms with Crippen LogP contribution in [-0.4, -0.2) is 44.3 Å². The van der Waals surface area contributed by atoms with Crippen LogP contribution in [0.5, 0.6) is 0 Å². The van der Waals surface area contributed by atoms with Crippen molar-refractivity contribution in [1.82, 2.24) is 4.90 Å². The molecule has 1 N–H and O–H groups in total. The van der Waals surface area contributed by atoms with E-state index in [0.717, 1.165) is 5.57 Å². The number of hydrogen-bond acceptors (Lipinski definition) is 3. The summed E-state index contributed by atoms with van der Waals surface area (Å²) in [6, 6.07) is -0.00417. The zero-order valence-electron chi connectivity index (χ0n) is 9.49. The molecule has 84 valence electrons. The van der Waals surface area contributed by atoms with Crippen molar-refractivity contribution in [1.29, 1.82) is 5.41 Å². The molecule has 0 saturated heterocycles. The molecule has 0 aliphatic heterocycles. The fraction of sp³-hybridized carbons (Fsp3) is 0.545. The highest BCUT2D eigenvalue weighted by Gasteiger charge is 2.69. The van der Waals surface area contributed by atoms with Crippen molar-refractivity contribution < 1.29 is 9.47 Å². The van der Waals surface area contributed by atoms with Gasteiger partial charge in [0.15, 0.2) is 5.79 Å². The normalized spacial score (nSPS) is 26.9. The maximum absolute atomic E-state index is 7.23. The molecule has 1 fully saturated rings. The minimum Gasteiger partial charge on any atom is -0.357 e. The summed E-state index contributed by atoms with van der Waals surface area (Å²) in [5.41, 5.74) is 0.873. The first-order chi connectivity index (χ1) is 7.08. The van der Waals surface area contributed by atoms with E-state index in [4.69, 9.17) is 14.9 Å². The lowest BCUT2D eigenvalue weighted by Gasteiger charge is -2.17. The molecule has 2 unspecified atom stereocenters. The Hall–Kier alpha value is -1.13. The van der Waals surface area contributed by atoms with Gasteiger partial charge < -0.3 is 14.4 Å². The fourth-order valence-electron chi connectivity index (χ4n) is 2.09. The Kier molecular flexibility index (Phi) is 3.31. The number of likely N-dealkylation sites (N-methyl/N-ethyl adjacent to an activating group) is 1. The molecular formula is C11H18N2O2. The van der Waals surface area contributed by atoms with E-state index >= 15 is 0 Å². The third kappa shape index (κ3) is 1.60. The van der Waals surface area contributed by atoms with E-state index in [1.165, 1.54) is 6.34 Å².